The van der Waals surface area contributed by atoms with E-state index >= 15 is 0 Å². The van der Waals surface area contributed by atoms with Gasteiger partial charge in [0.1, 0.15) is 5.75 Å². The molecule has 2 atom stereocenters. The van der Waals surface area contributed by atoms with E-state index in [1.807, 2.05) is 0 Å². The summed E-state index contributed by atoms with van der Waals surface area (Å²) in [5, 5.41) is 13.0. The van der Waals surface area contributed by atoms with Gasteiger partial charge in [-0.25, -0.2) is 12.7 Å². The van der Waals surface area contributed by atoms with Crippen LogP contribution in [0.1, 0.15) is 36.3 Å². The van der Waals surface area contributed by atoms with Crippen LogP contribution in [-0.2, 0) is 21.2 Å². The average Bonchev–Trinajstić information content (AvgIpc) is 3.59. The molecule has 1 saturated carbocycles. The zero-order chi connectivity index (χ0) is 23.0. The fraction of sp³-hybridized carbons (Fsp3) is 0.458. The number of primary amides is 1. The molecule has 2 unspecified atom stereocenters. The summed E-state index contributed by atoms with van der Waals surface area (Å²) in [6.07, 6.45) is 3.78. The second-order valence-electron chi connectivity index (χ2n) is 8.48. The van der Waals surface area contributed by atoms with Gasteiger partial charge in [0, 0.05) is 25.0 Å². The first-order valence-electron chi connectivity index (χ1n) is 11.1. The Morgan fingerprint density at radius 3 is 2.31 bits per heavy atom. The first kappa shape index (κ1) is 24.2. The van der Waals surface area contributed by atoms with Gasteiger partial charge in [-0.3, -0.25) is 4.79 Å². The van der Waals surface area contributed by atoms with Gasteiger partial charge in [-0.15, -0.1) is 0 Å². The van der Waals surface area contributed by atoms with Gasteiger partial charge < -0.3 is 16.2 Å². The van der Waals surface area contributed by atoms with Crippen molar-refractivity contribution in [2.75, 3.05) is 25.4 Å². The Kier molecular flexibility index (Phi) is 8.67. The number of aromatic hydroxyl groups is 1. The van der Waals surface area contributed by atoms with Crippen molar-refractivity contribution in [3.63, 3.8) is 0 Å². The number of nitrogens with zero attached hydrogens (tertiary/aromatic N) is 1. The molecule has 2 aliphatic rings. The second-order valence-corrected chi connectivity index (χ2v) is 10.6. The van der Waals surface area contributed by atoms with Gasteiger partial charge in [0.05, 0.1) is 5.75 Å². The number of nitrogens with one attached hydrogen (secondary N) is 1. The van der Waals surface area contributed by atoms with Crippen molar-refractivity contribution < 1.29 is 18.3 Å². The fourth-order valence-electron chi connectivity index (χ4n) is 4.24. The van der Waals surface area contributed by atoms with Crippen LogP contribution in [0, 0.1) is 5.92 Å². The van der Waals surface area contributed by atoms with Crippen molar-refractivity contribution in [2.24, 2.45) is 11.7 Å². The molecule has 0 radical (unpaired) electrons. The number of nitrogens with two attached hydrogens (primary N) is 1. The number of hydrogen-bond acceptors (Lipinski definition) is 5. The number of carbonyl (C=O) groups is 1. The summed E-state index contributed by atoms with van der Waals surface area (Å²) in [6.45, 7) is 2.23. The normalized spacial score (nSPS) is 21.4. The van der Waals surface area contributed by atoms with Gasteiger partial charge in [-0.05, 0) is 61.4 Å². The summed E-state index contributed by atoms with van der Waals surface area (Å²) in [4.78, 5) is 8.58. The summed E-state index contributed by atoms with van der Waals surface area (Å²) >= 11 is 0. The zero-order valence-corrected chi connectivity index (χ0v) is 19.1. The van der Waals surface area contributed by atoms with E-state index in [1.165, 1.54) is 12.0 Å². The molecule has 0 bridgehead atoms. The molecule has 8 heteroatoms. The first-order chi connectivity index (χ1) is 15.4. The fourth-order valence-corrected chi connectivity index (χ4v) is 5.76. The molecular formula is C24H33N3O4S. The minimum absolute atomic E-state index is 0.127. The lowest BCUT2D eigenvalue weighted by atomic mass is 9.98. The summed E-state index contributed by atoms with van der Waals surface area (Å²) in [6, 6.07) is 18.0. The third kappa shape index (κ3) is 7.05. The molecule has 1 amide bonds. The standard InChI is InChI=1S/C23H30N2O3S.CH3NO/c26-21-8-6-18(7-9-21)12-15-29(27,28)25-13-10-19(11-14-25)17-24-23-16-22(23)20-4-2-1-3-5-20;2-1-3/h1-9,19,22-24,26H,10-17H2;1H,(H2,2,3). The van der Waals surface area contributed by atoms with Crippen LogP contribution in [0.15, 0.2) is 54.6 Å². The van der Waals surface area contributed by atoms with Crippen LogP contribution in [0.2, 0.25) is 0 Å². The minimum atomic E-state index is -3.23. The van der Waals surface area contributed by atoms with E-state index in [0.29, 0.717) is 37.4 Å². The van der Waals surface area contributed by atoms with Crippen LogP contribution in [-0.4, -0.2) is 55.7 Å². The number of carbonyl (C=O) groups excluding carboxylic acids is 1. The van der Waals surface area contributed by atoms with Gasteiger partial charge in [0.25, 0.3) is 0 Å². The third-order valence-electron chi connectivity index (χ3n) is 6.24. The summed E-state index contributed by atoms with van der Waals surface area (Å²) in [5.74, 6) is 1.52. The highest BCUT2D eigenvalue weighted by atomic mass is 32.2. The Bertz CT molecular complexity index is 943. The van der Waals surface area contributed by atoms with E-state index in [-0.39, 0.29) is 17.9 Å². The highest BCUT2D eigenvalue weighted by Gasteiger charge is 2.38. The first-order valence-corrected chi connectivity index (χ1v) is 12.7. The highest BCUT2D eigenvalue weighted by Crippen LogP contribution is 2.40. The number of hydrogen-bond donors (Lipinski definition) is 3. The van der Waals surface area contributed by atoms with Crippen molar-refractivity contribution in [3.8, 4) is 5.75 Å². The molecule has 7 nitrogen and oxygen atoms in total. The van der Waals surface area contributed by atoms with Crippen molar-refractivity contribution in [3.05, 3.63) is 65.7 Å². The molecule has 4 N–H and O–H groups in total. The van der Waals surface area contributed by atoms with E-state index in [4.69, 9.17) is 4.79 Å². The molecule has 0 spiro atoms. The summed E-state index contributed by atoms with van der Waals surface area (Å²) < 4.78 is 27.0. The Morgan fingerprint density at radius 1 is 1.06 bits per heavy atom. The topological polar surface area (TPSA) is 113 Å². The predicted molar refractivity (Wildman–Crippen MR) is 126 cm³/mol. The monoisotopic (exact) mass is 459 g/mol. The van der Waals surface area contributed by atoms with E-state index in [2.05, 4.69) is 41.4 Å². The smallest absolute Gasteiger partial charge is 0.214 e. The Balaban J connectivity index is 0.000000913. The number of amides is 1. The van der Waals surface area contributed by atoms with Crippen molar-refractivity contribution in [2.45, 2.75) is 37.6 Å². The molecule has 1 aliphatic carbocycles. The number of phenolic OH excluding ortho intramolecular Hbond substituents is 1. The van der Waals surface area contributed by atoms with E-state index in [9.17, 15) is 13.5 Å². The van der Waals surface area contributed by atoms with Crippen LogP contribution >= 0.6 is 0 Å². The number of phenols is 1. The maximum Gasteiger partial charge on any atom is 0.214 e. The number of rotatable bonds is 8. The number of sulfonamides is 1. The molecule has 32 heavy (non-hydrogen) atoms. The molecule has 2 fully saturated rings. The van der Waals surface area contributed by atoms with Crippen LogP contribution in [0.5, 0.6) is 5.75 Å². The SMILES string of the molecule is NC=O.O=S(=O)(CCc1ccc(O)cc1)N1CCC(CNC2CC2c2ccccc2)CC1. The van der Waals surface area contributed by atoms with Gasteiger partial charge in [-0.1, -0.05) is 42.5 Å². The van der Waals surface area contributed by atoms with Crippen molar-refractivity contribution in [1.29, 1.82) is 0 Å². The van der Waals surface area contributed by atoms with E-state index in [1.54, 1.807) is 28.6 Å². The zero-order valence-electron chi connectivity index (χ0n) is 18.3. The summed E-state index contributed by atoms with van der Waals surface area (Å²) in [5.41, 5.74) is 6.52. The lowest BCUT2D eigenvalue weighted by Gasteiger charge is -2.31. The van der Waals surface area contributed by atoms with Crippen LogP contribution in [0.25, 0.3) is 0 Å². The average molecular weight is 460 g/mol. The lowest BCUT2D eigenvalue weighted by Crippen LogP contribution is -2.42. The Morgan fingerprint density at radius 2 is 1.69 bits per heavy atom. The summed E-state index contributed by atoms with van der Waals surface area (Å²) in [7, 11) is -3.23. The van der Waals surface area contributed by atoms with Crippen LogP contribution in [0.4, 0.5) is 0 Å². The van der Waals surface area contributed by atoms with Crippen LogP contribution < -0.4 is 11.1 Å². The Labute approximate surface area is 190 Å². The van der Waals surface area contributed by atoms with Gasteiger partial charge >= 0.3 is 0 Å². The van der Waals surface area contributed by atoms with Crippen LogP contribution in [0.3, 0.4) is 0 Å². The van der Waals surface area contributed by atoms with E-state index < -0.39 is 10.0 Å². The molecule has 174 valence electrons. The third-order valence-corrected chi connectivity index (χ3v) is 8.11. The van der Waals surface area contributed by atoms with Gasteiger partial charge in [0.15, 0.2) is 0 Å². The number of piperidine rings is 1. The largest absolute Gasteiger partial charge is 0.508 e. The number of aryl methyl sites for hydroxylation is 1. The Hall–Kier alpha value is -2.42. The molecule has 1 heterocycles. The minimum Gasteiger partial charge on any atom is -0.508 e. The quantitative estimate of drug-likeness (QED) is 0.524. The van der Waals surface area contributed by atoms with Crippen molar-refractivity contribution >= 4 is 16.4 Å². The van der Waals surface area contributed by atoms with E-state index in [0.717, 1.165) is 24.9 Å². The number of benzene rings is 2. The second kappa shape index (κ2) is 11.4. The molecule has 2 aromatic carbocycles. The highest BCUT2D eigenvalue weighted by molar-refractivity contribution is 7.89. The van der Waals surface area contributed by atoms with Gasteiger partial charge in [-0.2, -0.15) is 0 Å². The maximum absolute atomic E-state index is 12.7. The molecule has 1 saturated heterocycles. The predicted octanol–water partition coefficient (Wildman–Crippen LogP) is 2.22. The van der Waals surface area contributed by atoms with Crippen molar-refractivity contribution in [1.82, 2.24) is 9.62 Å². The molecule has 4 rings (SSSR count). The molecule has 1 aliphatic heterocycles. The molecular weight excluding hydrogens is 426 g/mol. The van der Waals surface area contributed by atoms with Gasteiger partial charge in [0.2, 0.25) is 16.4 Å². The lowest BCUT2D eigenvalue weighted by molar-refractivity contribution is -0.106. The maximum atomic E-state index is 12.7. The molecule has 0 aromatic heterocycles. The molecule has 2 aromatic rings.